The van der Waals surface area contributed by atoms with Crippen molar-refractivity contribution in [1.29, 1.82) is 5.26 Å². The van der Waals surface area contributed by atoms with Crippen LogP contribution in [-0.2, 0) is 18.3 Å². The number of nitrogens with two attached hydrogens (primary N) is 1. The van der Waals surface area contributed by atoms with E-state index >= 15 is 0 Å². The number of aryl methyl sites for hydroxylation is 1. The first-order valence-corrected chi connectivity index (χ1v) is 9.21. The van der Waals surface area contributed by atoms with Gasteiger partial charge < -0.3 is 15.2 Å². The highest BCUT2D eigenvalue weighted by molar-refractivity contribution is 5.69. The van der Waals surface area contributed by atoms with Crippen molar-refractivity contribution in [2.75, 3.05) is 6.61 Å². The molecule has 1 atom stereocenters. The summed E-state index contributed by atoms with van der Waals surface area (Å²) in [4.78, 5) is 4.48. The van der Waals surface area contributed by atoms with Gasteiger partial charge in [-0.3, -0.25) is 4.98 Å². The van der Waals surface area contributed by atoms with Gasteiger partial charge in [0.25, 0.3) is 0 Å². The van der Waals surface area contributed by atoms with Gasteiger partial charge in [-0.1, -0.05) is 6.07 Å². The summed E-state index contributed by atoms with van der Waals surface area (Å²) in [6, 6.07) is 13.2. The van der Waals surface area contributed by atoms with Crippen LogP contribution in [0, 0.1) is 11.3 Å². The molecule has 142 valence electrons. The molecule has 1 fully saturated rings. The fraction of sp³-hybridized carbons (Fsp3) is 0.286. The van der Waals surface area contributed by atoms with Crippen molar-refractivity contribution < 1.29 is 9.47 Å². The second kappa shape index (κ2) is 7.80. The maximum atomic E-state index is 9.29. The van der Waals surface area contributed by atoms with E-state index in [1.807, 2.05) is 31.3 Å². The van der Waals surface area contributed by atoms with Gasteiger partial charge in [-0.25, -0.2) is 4.68 Å². The summed E-state index contributed by atoms with van der Waals surface area (Å²) in [7, 11) is 1.83. The zero-order valence-electron chi connectivity index (χ0n) is 15.6. The Bertz CT molecular complexity index is 1010. The third-order valence-electron chi connectivity index (χ3n) is 4.78. The lowest BCUT2D eigenvalue weighted by atomic mass is 10.1. The largest absolute Gasteiger partial charge is 0.439 e. The highest BCUT2D eigenvalue weighted by Crippen LogP contribution is 2.35. The summed E-state index contributed by atoms with van der Waals surface area (Å²) in [5.74, 6) is 1.13. The van der Waals surface area contributed by atoms with Gasteiger partial charge in [-0.05, 0) is 42.7 Å². The van der Waals surface area contributed by atoms with Crippen LogP contribution in [0.4, 0.5) is 0 Å². The highest BCUT2D eigenvalue weighted by atomic mass is 16.5. The average Bonchev–Trinajstić information content (AvgIpc) is 3.38. The Kier molecular flexibility index (Phi) is 5.06. The van der Waals surface area contributed by atoms with Gasteiger partial charge in [-0.2, -0.15) is 10.4 Å². The summed E-state index contributed by atoms with van der Waals surface area (Å²) in [6.07, 6.45) is 3.76. The van der Waals surface area contributed by atoms with Gasteiger partial charge in [0.15, 0.2) is 0 Å². The van der Waals surface area contributed by atoms with E-state index in [0.717, 1.165) is 42.0 Å². The monoisotopic (exact) mass is 375 g/mol. The summed E-state index contributed by atoms with van der Waals surface area (Å²) >= 11 is 0. The van der Waals surface area contributed by atoms with Crippen LogP contribution in [0.5, 0.6) is 11.6 Å². The molecule has 28 heavy (non-hydrogen) atoms. The van der Waals surface area contributed by atoms with E-state index in [-0.39, 0.29) is 6.10 Å². The standard InChI is InChI=1S/C21H21N5O2/c1-26-21(10-18(25-26)19-3-2-8-27-19)28-20-9-14(11-22)4-6-16(20)17-7-5-15(12-23)13-24-17/h4-7,9-10,13,19H,2-3,8,12,23H2,1H3/t19-/m1/s1. The van der Waals surface area contributed by atoms with Crippen molar-refractivity contribution in [2.24, 2.45) is 12.8 Å². The van der Waals surface area contributed by atoms with Crippen LogP contribution in [0.2, 0.25) is 0 Å². The van der Waals surface area contributed by atoms with E-state index < -0.39 is 0 Å². The molecule has 1 aliphatic rings. The van der Waals surface area contributed by atoms with E-state index in [9.17, 15) is 5.26 Å². The molecule has 0 saturated carbocycles. The van der Waals surface area contributed by atoms with Crippen molar-refractivity contribution in [3.05, 3.63) is 59.4 Å². The topological polar surface area (TPSA) is 99.0 Å². The predicted molar refractivity (Wildman–Crippen MR) is 103 cm³/mol. The fourth-order valence-electron chi connectivity index (χ4n) is 3.24. The maximum Gasteiger partial charge on any atom is 0.217 e. The summed E-state index contributed by atoms with van der Waals surface area (Å²) in [6.45, 7) is 1.20. The third kappa shape index (κ3) is 3.60. The SMILES string of the molecule is Cn1nc([C@H]2CCCO2)cc1Oc1cc(C#N)ccc1-c1ccc(CN)cn1. The van der Waals surface area contributed by atoms with Gasteiger partial charge in [0.1, 0.15) is 11.9 Å². The highest BCUT2D eigenvalue weighted by Gasteiger charge is 2.22. The number of rotatable bonds is 5. The van der Waals surface area contributed by atoms with Crippen molar-refractivity contribution >= 4 is 0 Å². The van der Waals surface area contributed by atoms with Gasteiger partial charge >= 0.3 is 0 Å². The smallest absolute Gasteiger partial charge is 0.217 e. The Morgan fingerprint density at radius 1 is 1.32 bits per heavy atom. The van der Waals surface area contributed by atoms with Crippen LogP contribution in [0.1, 0.15) is 35.8 Å². The zero-order valence-corrected chi connectivity index (χ0v) is 15.6. The molecule has 0 unspecified atom stereocenters. The second-order valence-electron chi connectivity index (χ2n) is 6.71. The Morgan fingerprint density at radius 3 is 2.89 bits per heavy atom. The summed E-state index contributed by atoms with van der Waals surface area (Å²) < 4.78 is 13.6. The second-order valence-corrected chi connectivity index (χ2v) is 6.71. The molecular formula is C21H21N5O2. The van der Waals surface area contributed by atoms with Gasteiger partial charge in [-0.15, -0.1) is 0 Å². The number of benzene rings is 1. The van der Waals surface area contributed by atoms with Crippen molar-refractivity contribution in [2.45, 2.75) is 25.5 Å². The van der Waals surface area contributed by atoms with Crippen LogP contribution in [0.15, 0.2) is 42.6 Å². The lowest BCUT2D eigenvalue weighted by Crippen LogP contribution is -2.00. The number of aromatic nitrogens is 3. The Morgan fingerprint density at radius 2 is 2.21 bits per heavy atom. The van der Waals surface area contributed by atoms with E-state index in [1.54, 1.807) is 23.0 Å². The number of nitriles is 1. The van der Waals surface area contributed by atoms with E-state index in [0.29, 0.717) is 23.7 Å². The summed E-state index contributed by atoms with van der Waals surface area (Å²) in [5.41, 5.74) is 9.52. The van der Waals surface area contributed by atoms with Crippen LogP contribution >= 0.6 is 0 Å². The molecular weight excluding hydrogens is 354 g/mol. The minimum atomic E-state index is 0.0129. The van der Waals surface area contributed by atoms with Crippen LogP contribution < -0.4 is 10.5 Å². The molecule has 0 radical (unpaired) electrons. The molecule has 3 aromatic rings. The van der Waals surface area contributed by atoms with Gasteiger partial charge in [0.05, 0.1) is 23.0 Å². The third-order valence-corrected chi connectivity index (χ3v) is 4.78. The number of pyridine rings is 1. The molecule has 1 saturated heterocycles. The molecule has 2 aromatic heterocycles. The number of ether oxygens (including phenoxy) is 2. The van der Waals surface area contributed by atoms with E-state index in [2.05, 4.69) is 16.2 Å². The van der Waals surface area contributed by atoms with Crippen LogP contribution in [0.25, 0.3) is 11.3 Å². The van der Waals surface area contributed by atoms with Crippen molar-refractivity contribution in [1.82, 2.24) is 14.8 Å². The first-order chi connectivity index (χ1) is 13.7. The molecule has 4 rings (SSSR count). The minimum absolute atomic E-state index is 0.0129. The minimum Gasteiger partial charge on any atom is -0.439 e. The lowest BCUT2D eigenvalue weighted by Gasteiger charge is -2.11. The molecule has 7 nitrogen and oxygen atoms in total. The molecule has 0 aliphatic carbocycles. The fourth-order valence-corrected chi connectivity index (χ4v) is 3.24. The molecule has 0 amide bonds. The molecule has 0 bridgehead atoms. The van der Waals surface area contributed by atoms with E-state index in [1.165, 1.54) is 0 Å². The predicted octanol–water partition coefficient (Wildman–Crippen LogP) is 3.46. The van der Waals surface area contributed by atoms with Crippen molar-refractivity contribution in [3.63, 3.8) is 0 Å². The number of hydrogen-bond acceptors (Lipinski definition) is 6. The average molecular weight is 375 g/mol. The van der Waals surface area contributed by atoms with Crippen LogP contribution in [0.3, 0.4) is 0 Å². The van der Waals surface area contributed by atoms with Crippen LogP contribution in [-0.4, -0.2) is 21.4 Å². The summed E-state index contributed by atoms with van der Waals surface area (Å²) in [5, 5.41) is 13.8. The first kappa shape index (κ1) is 18.2. The Labute approximate surface area is 163 Å². The quantitative estimate of drug-likeness (QED) is 0.733. The number of hydrogen-bond donors (Lipinski definition) is 1. The maximum absolute atomic E-state index is 9.29. The molecule has 1 aliphatic heterocycles. The molecule has 1 aromatic carbocycles. The molecule has 2 N–H and O–H groups in total. The molecule has 7 heteroatoms. The molecule has 0 spiro atoms. The van der Waals surface area contributed by atoms with Gasteiger partial charge in [0.2, 0.25) is 5.88 Å². The van der Waals surface area contributed by atoms with Gasteiger partial charge in [0, 0.05) is 38.0 Å². The number of nitrogens with zero attached hydrogens (tertiary/aromatic N) is 4. The lowest BCUT2D eigenvalue weighted by molar-refractivity contribution is 0.108. The Balaban J connectivity index is 1.69. The van der Waals surface area contributed by atoms with Crippen molar-refractivity contribution in [3.8, 4) is 29.0 Å². The Hall–Kier alpha value is -3.21. The first-order valence-electron chi connectivity index (χ1n) is 9.21. The normalized spacial score (nSPS) is 16.1. The zero-order chi connectivity index (χ0) is 19.5. The molecule has 3 heterocycles. The van der Waals surface area contributed by atoms with E-state index in [4.69, 9.17) is 15.2 Å².